The molecule has 6 heteroatoms. The van der Waals surface area contributed by atoms with Gasteiger partial charge in [0.2, 0.25) is 0 Å². The van der Waals surface area contributed by atoms with Gasteiger partial charge in [-0.05, 0) is 18.2 Å². The Labute approximate surface area is 97.9 Å². The van der Waals surface area contributed by atoms with Crippen LogP contribution in [0.3, 0.4) is 0 Å². The summed E-state index contributed by atoms with van der Waals surface area (Å²) in [5.41, 5.74) is 7.61. The molecule has 0 radical (unpaired) electrons. The van der Waals surface area contributed by atoms with Gasteiger partial charge in [0.05, 0.1) is 30.3 Å². The van der Waals surface area contributed by atoms with E-state index in [2.05, 4.69) is 4.98 Å². The van der Waals surface area contributed by atoms with E-state index in [0.29, 0.717) is 17.0 Å². The van der Waals surface area contributed by atoms with E-state index in [1.165, 1.54) is 0 Å². The van der Waals surface area contributed by atoms with E-state index in [0.717, 1.165) is 5.52 Å². The lowest BCUT2D eigenvalue weighted by Gasteiger charge is -2.16. The Hall–Kier alpha value is -1.63. The number of hydrogen-bond acceptors (Lipinski definition) is 5. The molecule has 0 saturated heterocycles. The Bertz CT molecular complexity index is 520. The van der Waals surface area contributed by atoms with Crippen LogP contribution in [-0.2, 0) is 6.61 Å². The molecular formula is C11H15N3O3. The Morgan fingerprint density at radius 2 is 1.94 bits per heavy atom. The normalized spacial score (nSPS) is 11.5. The SMILES string of the molecule is Nc1ccc2c(c1)nc(CO)n2C(CO)CO. The Morgan fingerprint density at radius 3 is 2.53 bits per heavy atom. The van der Waals surface area contributed by atoms with Gasteiger partial charge in [-0.15, -0.1) is 0 Å². The van der Waals surface area contributed by atoms with Gasteiger partial charge in [-0.3, -0.25) is 0 Å². The summed E-state index contributed by atoms with van der Waals surface area (Å²) in [4.78, 5) is 4.22. The van der Waals surface area contributed by atoms with Gasteiger partial charge in [-0.25, -0.2) is 4.98 Å². The monoisotopic (exact) mass is 237 g/mol. The standard InChI is InChI=1S/C11H15N3O3/c12-7-1-2-10-9(3-7)13-11(6-17)14(10)8(4-15)5-16/h1-3,8,15-17H,4-6,12H2. The summed E-state index contributed by atoms with van der Waals surface area (Å²) in [7, 11) is 0. The molecule has 0 atom stereocenters. The van der Waals surface area contributed by atoms with Gasteiger partial charge < -0.3 is 25.6 Å². The summed E-state index contributed by atoms with van der Waals surface area (Å²) in [5, 5.41) is 27.7. The Balaban J connectivity index is 2.65. The number of nitrogens with zero attached hydrogens (tertiary/aromatic N) is 2. The molecular weight excluding hydrogens is 222 g/mol. The first-order valence-corrected chi connectivity index (χ1v) is 5.30. The van der Waals surface area contributed by atoms with Crippen LogP contribution in [0.2, 0.25) is 0 Å². The van der Waals surface area contributed by atoms with Crippen LogP contribution in [-0.4, -0.2) is 38.1 Å². The number of aromatic nitrogens is 2. The zero-order chi connectivity index (χ0) is 12.4. The summed E-state index contributed by atoms with van der Waals surface area (Å²) in [5.74, 6) is 0.402. The maximum Gasteiger partial charge on any atom is 0.136 e. The molecule has 0 unspecified atom stereocenters. The average molecular weight is 237 g/mol. The minimum atomic E-state index is -0.509. The third kappa shape index (κ3) is 1.97. The van der Waals surface area contributed by atoms with Gasteiger partial charge in [0.1, 0.15) is 12.4 Å². The van der Waals surface area contributed by atoms with Gasteiger partial charge in [0, 0.05) is 5.69 Å². The van der Waals surface area contributed by atoms with Crippen molar-refractivity contribution in [1.29, 1.82) is 0 Å². The van der Waals surface area contributed by atoms with Crippen molar-refractivity contribution in [2.24, 2.45) is 0 Å². The number of rotatable bonds is 4. The molecule has 0 spiro atoms. The number of nitrogens with two attached hydrogens (primary N) is 1. The molecule has 1 aromatic heterocycles. The molecule has 1 aromatic carbocycles. The smallest absolute Gasteiger partial charge is 0.136 e. The van der Waals surface area contributed by atoms with Crippen molar-refractivity contribution >= 4 is 16.7 Å². The highest BCUT2D eigenvalue weighted by atomic mass is 16.3. The van der Waals surface area contributed by atoms with E-state index in [-0.39, 0.29) is 19.8 Å². The number of imidazole rings is 1. The molecule has 2 rings (SSSR count). The minimum absolute atomic E-state index is 0.223. The fourth-order valence-corrected chi connectivity index (χ4v) is 1.91. The number of anilines is 1. The molecule has 0 fully saturated rings. The summed E-state index contributed by atoms with van der Waals surface area (Å²) in [6, 6.07) is 4.66. The van der Waals surface area contributed by atoms with E-state index >= 15 is 0 Å². The second kappa shape index (κ2) is 4.70. The highest BCUT2D eigenvalue weighted by molar-refractivity contribution is 5.79. The first-order chi connectivity index (χ1) is 8.21. The molecule has 2 aromatic rings. The number of aliphatic hydroxyl groups excluding tert-OH is 3. The van der Waals surface area contributed by atoms with Crippen molar-refractivity contribution in [1.82, 2.24) is 9.55 Å². The second-order valence-corrected chi connectivity index (χ2v) is 3.82. The molecule has 0 saturated carbocycles. The second-order valence-electron chi connectivity index (χ2n) is 3.82. The third-order valence-corrected chi connectivity index (χ3v) is 2.71. The Kier molecular flexibility index (Phi) is 3.28. The fraction of sp³-hybridized carbons (Fsp3) is 0.364. The zero-order valence-corrected chi connectivity index (χ0v) is 9.24. The van der Waals surface area contributed by atoms with Crippen LogP contribution in [0.1, 0.15) is 11.9 Å². The maximum absolute atomic E-state index is 9.25. The Morgan fingerprint density at radius 1 is 1.24 bits per heavy atom. The molecule has 0 aliphatic carbocycles. The molecule has 92 valence electrons. The van der Waals surface area contributed by atoms with Crippen molar-refractivity contribution in [3.05, 3.63) is 24.0 Å². The van der Waals surface area contributed by atoms with E-state index in [9.17, 15) is 15.3 Å². The quantitative estimate of drug-likeness (QED) is 0.543. The van der Waals surface area contributed by atoms with Crippen LogP contribution in [0.4, 0.5) is 5.69 Å². The van der Waals surface area contributed by atoms with E-state index in [1.54, 1.807) is 22.8 Å². The van der Waals surface area contributed by atoms with Crippen molar-refractivity contribution < 1.29 is 15.3 Å². The number of nitrogen functional groups attached to an aromatic ring is 1. The third-order valence-electron chi connectivity index (χ3n) is 2.71. The number of hydrogen-bond donors (Lipinski definition) is 4. The van der Waals surface area contributed by atoms with Gasteiger partial charge >= 0.3 is 0 Å². The summed E-state index contributed by atoms with van der Waals surface area (Å²) >= 11 is 0. The van der Waals surface area contributed by atoms with Crippen LogP contribution in [0.25, 0.3) is 11.0 Å². The predicted molar refractivity (Wildman–Crippen MR) is 63.3 cm³/mol. The lowest BCUT2D eigenvalue weighted by atomic mass is 10.2. The summed E-state index contributed by atoms with van der Waals surface area (Å²) < 4.78 is 1.63. The molecule has 1 heterocycles. The predicted octanol–water partition coefficient (Wildman–Crippen LogP) is -0.363. The van der Waals surface area contributed by atoms with E-state index < -0.39 is 6.04 Å². The first kappa shape index (κ1) is 11.8. The number of fused-ring (bicyclic) bond motifs is 1. The average Bonchev–Trinajstić information content (AvgIpc) is 2.69. The van der Waals surface area contributed by atoms with Crippen molar-refractivity contribution in [3.8, 4) is 0 Å². The van der Waals surface area contributed by atoms with E-state index in [1.807, 2.05) is 0 Å². The highest BCUT2D eigenvalue weighted by Crippen LogP contribution is 2.23. The molecule has 0 bridgehead atoms. The van der Waals surface area contributed by atoms with E-state index in [4.69, 9.17) is 5.73 Å². The minimum Gasteiger partial charge on any atom is -0.399 e. The van der Waals surface area contributed by atoms with Crippen LogP contribution < -0.4 is 5.73 Å². The fourth-order valence-electron chi connectivity index (χ4n) is 1.91. The molecule has 5 N–H and O–H groups in total. The lowest BCUT2D eigenvalue weighted by Crippen LogP contribution is -2.19. The van der Waals surface area contributed by atoms with Gasteiger partial charge in [0.25, 0.3) is 0 Å². The maximum atomic E-state index is 9.25. The van der Waals surface area contributed by atoms with Crippen molar-refractivity contribution in [3.63, 3.8) is 0 Å². The topological polar surface area (TPSA) is 105 Å². The largest absolute Gasteiger partial charge is 0.399 e. The molecule has 17 heavy (non-hydrogen) atoms. The molecule has 6 nitrogen and oxygen atoms in total. The van der Waals surface area contributed by atoms with Crippen molar-refractivity contribution in [2.45, 2.75) is 12.6 Å². The van der Waals surface area contributed by atoms with Crippen LogP contribution in [0.15, 0.2) is 18.2 Å². The first-order valence-electron chi connectivity index (χ1n) is 5.30. The number of aliphatic hydroxyl groups is 3. The summed E-state index contributed by atoms with van der Waals surface area (Å²) in [6.07, 6.45) is 0. The van der Waals surface area contributed by atoms with Crippen molar-refractivity contribution in [2.75, 3.05) is 18.9 Å². The van der Waals surface area contributed by atoms with Gasteiger partial charge in [-0.2, -0.15) is 0 Å². The number of benzene rings is 1. The van der Waals surface area contributed by atoms with Crippen LogP contribution >= 0.6 is 0 Å². The van der Waals surface area contributed by atoms with Crippen LogP contribution in [0.5, 0.6) is 0 Å². The highest BCUT2D eigenvalue weighted by Gasteiger charge is 2.17. The molecule has 0 amide bonds. The van der Waals surface area contributed by atoms with Gasteiger partial charge in [-0.1, -0.05) is 0 Å². The zero-order valence-electron chi connectivity index (χ0n) is 9.24. The molecule has 0 aliphatic heterocycles. The molecule has 0 aliphatic rings. The lowest BCUT2D eigenvalue weighted by molar-refractivity contribution is 0.149. The van der Waals surface area contributed by atoms with Gasteiger partial charge in [0.15, 0.2) is 0 Å². The summed E-state index contributed by atoms with van der Waals surface area (Å²) in [6.45, 7) is -0.705. The van der Waals surface area contributed by atoms with Crippen LogP contribution in [0, 0.1) is 0 Å².